The van der Waals surface area contributed by atoms with Crippen molar-refractivity contribution in [2.75, 3.05) is 18.7 Å². The van der Waals surface area contributed by atoms with E-state index in [2.05, 4.69) is 15.0 Å². The summed E-state index contributed by atoms with van der Waals surface area (Å²) in [7, 11) is -2.24. The number of amides is 1. The van der Waals surface area contributed by atoms with Crippen LogP contribution in [0.1, 0.15) is 32.1 Å². The van der Waals surface area contributed by atoms with Crippen molar-refractivity contribution in [3.63, 3.8) is 0 Å². The van der Waals surface area contributed by atoms with Crippen LogP contribution in [0.25, 0.3) is 0 Å². The van der Waals surface area contributed by atoms with Gasteiger partial charge in [-0.25, -0.2) is 13.2 Å². The number of nitrogens with one attached hydrogen (secondary N) is 2. The molecular weight excluding hydrogens is 491 g/mol. The van der Waals surface area contributed by atoms with E-state index in [9.17, 15) is 18.0 Å². The molecular formula is C22H20Cl2N2O6S. The molecule has 1 heterocycles. The monoisotopic (exact) mass is 510 g/mol. The second-order valence-electron chi connectivity index (χ2n) is 7.11. The molecule has 0 aliphatic heterocycles. The molecule has 2 aromatic carbocycles. The Morgan fingerprint density at radius 2 is 1.73 bits per heavy atom. The molecule has 0 fully saturated rings. The number of H-pyrrole nitrogens is 1. The summed E-state index contributed by atoms with van der Waals surface area (Å²) in [6, 6.07) is 10.7. The molecule has 11 heteroatoms. The van der Waals surface area contributed by atoms with Crippen LogP contribution in [0, 0.1) is 6.92 Å². The van der Waals surface area contributed by atoms with Gasteiger partial charge < -0.3 is 19.8 Å². The number of aryl methyl sites for hydroxylation is 1. The highest BCUT2D eigenvalue weighted by molar-refractivity contribution is 7.90. The van der Waals surface area contributed by atoms with Gasteiger partial charge in [-0.3, -0.25) is 4.79 Å². The molecule has 1 aromatic heterocycles. The molecule has 0 radical (unpaired) electrons. The summed E-state index contributed by atoms with van der Waals surface area (Å²) in [4.78, 5) is 27.1. The quantitative estimate of drug-likeness (QED) is 0.447. The number of aromatic amines is 1. The lowest BCUT2D eigenvalue weighted by molar-refractivity contribution is 0.0600. The molecule has 0 saturated heterocycles. The number of halogens is 2. The van der Waals surface area contributed by atoms with Gasteiger partial charge in [-0.05, 0) is 42.8 Å². The van der Waals surface area contributed by atoms with Crippen molar-refractivity contribution in [3.05, 3.63) is 75.0 Å². The maximum Gasteiger partial charge on any atom is 0.337 e. The van der Waals surface area contributed by atoms with Gasteiger partial charge >= 0.3 is 5.97 Å². The summed E-state index contributed by atoms with van der Waals surface area (Å²) in [5.74, 6) is -0.839. The van der Waals surface area contributed by atoms with Crippen LogP contribution >= 0.6 is 23.2 Å². The molecule has 8 nitrogen and oxygen atoms in total. The summed E-state index contributed by atoms with van der Waals surface area (Å²) >= 11 is 12.2. The summed E-state index contributed by atoms with van der Waals surface area (Å²) in [5.41, 5.74) is 1.82. The van der Waals surface area contributed by atoms with E-state index in [1.54, 1.807) is 31.2 Å². The van der Waals surface area contributed by atoms with Crippen molar-refractivity contribution >= 4 is 50.6 Å². The Balaban J connectivity index is 1.87. The normalized spacial score (nSPS) is 11.2. The van der Waals surface area contributed by atoms with Gasteiger partial charge in [0, 0.05) is 11.9 Å². The van der Waals surface area contributed by atoms with Gasteiger partial charge in [0.1, 0.15) is 18.1 Å². The van der Waals surface area contributed by atoms with Gasteiger partial charge in [-0.2, -0.15) is 0 Å². The van der Waals surface area contributed by atoms with Crippen molar-refractivity contribution in [3.8, 4) is 5.75 Å². The number of ether oxygens (including phenoxy) is 2. The number of rotatable bonds is 7. The van der Waals surface area contributed by atoms with E-state index < -0.39 is 21.7 Å². The minimum atomic E-state index is -3.54. The topological polar surface area (TPSA) is 115 Å². The molecule has 2 N–H and O–H groups in total. The molecule has 0 atom stereocenters. The highest BCUT2D eigenvalue weighted by Gasteiger charge is 2.20. The number of aromatic nitrogens is 1. The Kier molecular flexibility index (Phi) is 7.36. The summed E-state index contributed by atoms with van der Waals surface area (Å²) < 4.78 is 34.5. The van der Waals surface area contributed by atoms with Crippen LogP contribution in [-0.4, -0.2) is 38.6 Å². The number of hydrogen-bond acceptors (Lipinski definition) is 6. The van der Waals surface area contributed by atoms with Crippen molar-refractivity contribution in [2.45, 2.75) is 18.4 Å². The van der Waals surface area contributed by atoms with Gasteiger partial charge in [-0.1, -0.05) is 35.3 Å². The van der Waals surface area contributed by atoms with Crippen LogP contribution in [0.5, 0.6) is 5.75 Å². The molecule has 3 aromatic rings. The predicted molar refractivity (Wildman–Crippen MR) is 125 cm³/mol. The lowest BCUT2D eigenvalue weighted by Crippen LogP contribution is -2.14. The third kappa shape index (κ3) is 5.68. The Morgan fingerprint density at radius 3 is 2.27 bits per heavy atom. The maximum absolute atomic E-state index is 12.8. The number of methoxy groups -OCH3 is 1. The van der Waals surface area contributed by atoms with Crippen molar-refractivity contribution < 1.29 is 27.5 Å². The first kappa shape index (κ1) is 24.6. The standard InChI is InChI=1S/C22H20Cl2N2O6S/c1-12-18(23)19(24)20(25-12)21(27)26-16-10-15(33(3,29)30)8-9-17(16)32-11-13-4-6-14(7-5-13)22(28)31-2/h4-10,25H,11H2,1-3H3,(H,26,27). The molecule has 0 bridgehead atoms. The molecule has 0 spiro atoms. The number of sulfone groups is 1. The molecule has 3 rings (SSSR count). The van der Waals surface area contributed by atoms with Crippen LogP contribution in [0.4, 0.5) is 5.69 Å². The highest BCUT2D eigenvalue weighted by atomic mass is 35.5. The maximum atomic E-state index is 12.8. The highest BCUT2D eigenvalue weighted by Crippen LogP contribution is 2.32. The molecule has 0 unspecified atom stereocenters. The van der Waals surface area contributed by atoms with Gasteiger partial charge in [0.2, 0.25) is 0 Å². The largest absolute Gasteiger partial charge is 0.487 e. The third-order valence-electron chi connectivity index (χ3n) is 4.68. The minimum Gasteiger partial charge on any atom is -0.487 e. The molecule has 0 saturated carbocycles. The van der Waals surface area contributed by atoms with E-state index in [-0.39, 0.29) is 38.7 Å². The average Bonchev–Trinajstić information content (AvgIpc) is 3.04. The van der Waals surface area contributed by atoms with Gasteiger partial charge in [0.15, 0.2) is 9.84 Å². The number of carbonyl (C=O) groups is 2. The number of benzene rings is 2. The van der Waals surface area contributed by atoms with E-state index >= 15 is 0 Å². The van der Waals surface area contributed by atoms with E-state index in [0.717, 1.165) is 11.8 Å². The third-order valence-corrected chi connectivity index (χ3v) is 6.74. The molecule has 1 amide bonds. The number of carbonyl (C=O) groups excluding carboxylic acids is 2. The minimum absolute atomic E-state index is 0.000577. The first-order valence-corrected chi connectivity index (χ1v) is 12.1. The average molecular weight is 511 g/mol. The first-order valence-electron chi connectivity index (χ1n) is 9.50. The molecule has 174 valence electrons. The van der Waals surface area contributed by atoms with Crippen molar-refractivity contribution in [1.82, 2.24) is 4.98 Å². The fourth-order valence-corrected chi connectivity index (χ4v) is 3.96. The molecule has 33 heavy (non-hydrogen) atoms. The fraction of sp³-hybridized carbons (Fsp3) is 0.182. The summed E-state index contributed by atoms with van der Waals surface area (Å²) in [6.45, 7) is 1.76. The number of anilines is 1. The molecule has 0 aliphatic rings. The second kappa shape index (κ2) is 9.86. The number of esters is 1. The van der Waals surface area contributed by atoms with Crippen LogP contribution in [0.2, 0.25) is 10.0 Å². The fourth-order valence-electron chi connectivity index (χ4n) is 2.89. The predicted octanol–water partition coefficient (Wildman–Crippen LogP) is 4.65. The van der Waals surface area contributed by atoms with Gasteiger partial charge in [0.05, 0.1) is 33.3 Å². The summed E-state index contributed by atoms with van der Waals surface area (Å²) in [6.07, 6.45) is 1.06. The van der Waals surface area contributed by atoms with Gasteiger partial charge in [0.25, 0.3) is 5.91 Å². The summed E-state index contributed by atoms with van der Waals surface area (Å²) in [5, 5.41) is 2.90. The van der Waals surface area contributed by atoms with E-state index in [1.165, 1.54) is 25.3 Å². The smallest absolute Gasteiger partial charge is 0.337 e. The SMILES string of the molecule is COC(=O)c1ccc(COc2ccc(S(C)(=O)=O)cc2NC(=O)c2[nH]c(C)c(Cl)c2Cl)cc1. The zero-order valence-electron chi connectivity index (χ0n) is 17.9. The Morgan fingerprint density at radius 1 is 1.06 bits per heavy atom. The van der Waals surface area contributed by atoms with Crippen molar-refractivity contribution in [1.29, 1.82) is 0 Å². The lowest BCUT2D eigenvalue weighted by Gasteiger charge is -2.14. The van der Waals surface area contributed by atoms with E-state index in [0.29, 0.717) is 11.3 Å². The van der Waals surface area contributed by atoms with Crippen LogP contribution in [0.15, 0.2) is 47.4 Å². The van der Waals surface area contributed by atoms with E-state index in [4.69, 9.17) is 27.9 Å². The zero-order chi connectivity index (χ0) is 24.3. The Hall–Kier alpha value is -3.01. The van der Waals surface area contributed by atoms with Gasteiger partial charge in [-0.15, -0.1) is 0 Å². The zero-order valence-corrected chi connectivity index (χ0v) is 20.2. The van der Waals surface area contributed by atoms with Crippen LogP contribution < -0.4 is 10.1 Å². The van der Waals surface area contributed by atoms with Crippen LogP contribution in [-0.2, 0) is 21.2 Å². The van der Waals surface area contributed by atoms with E-state index in [1.807, 2.05) is 0 Å². The number of hydrogen-bond donors (Lipinski definition) is 2. The molecule has 0 aliphatic carbocycles. The first-order chi connectivity index (χ1) is 15.5. The lowest BCUT2D eigenvalue weighted by atomic mass is 10.1. The van der Waals surface area contributed by atoms with Crippen LogP contribution in [0.3, 0.4) is 0 Å². The van der Waals surface area contributed by atoms with Crippen molar-refractivity contribution in [2.24, 2.45) is 0 Å². The second-order valence-corrected chi connectivity index (χ2v) is 9.89. The Bertz CT molecular complexity index is 1320. The Labute approximate surface area is 200 Å².